The summed E-state index contributed by atoms with van der Waals surface area (Å²) in [5, 5.41) is 0. The molecule has 0 bridgehead atoms. The first-order chi connectivity index (χ1) is 11.8. The number of rotatable bonds is 5. The molecular formula is C17H21FN4O3. The Bertz CT molecular complexity index is 768. The lowest BCUT2D eigenvalue weighted by atomic mass is 10.2. The van der Waals surface area contributed by atoms with Gasteiger partial charge >= 0.3 is 6.09 Å². The van der Waals surface area contributed by atoms with Crippen LogP contribution in [-0.2, 0) is 4.74 Å². The summed E-state index contributed by atoms with van der Waals surface area (Å²) in [5.74, 6) is -0.435. The van der Waals surface area contributed by atoms with Crippen LogP contribution in [-0.4, -0.2) is 23.7 Å². The summed E-state index contributed by atoms with van der Waals surface area (Å²) in [6.07, 6.45) is 0.812. The van der Waals surface area contributed by atoms with Crippen molar-refractivity contribution in [2.45, 2.75) is 26.8 Å². The van der Waals surface area contributed by atoms with E-state index in [1.807, 2.05) is 0 Å². The van der Waals surface area contributed by atoms with E-state index in [0.29, 0.717) is 0 Å². The fourth-order valence-corrected chi connectivity index (χ4v) is 2.25. The van der Waals surface area contributed by atoms with Crippen LogP contribution < -0.4 is 21.1 Å². The predicted molar refractivity (Wildman–Crippen MR) is 94.2 cm³/mol. The number of anilines is 3. The number of carbonyl (C=O) groups excluding carboxylic acids is 1. The van der Waals surface area contributed by atoms with E-state index in [2.05, 4.69) is 4.98 Å². The van der Waals surface area contributed by atoms with Gasteiger partial charge in [0.2, 0.25) is 0 Å². The minimum atomic E-state index is -0.631. The maximum atomic E-state index is 14.1. The first kappa shape index (κ1) is 18.3. The third-order valence-corrected chi connectivity index (χ3v) is 3.31. The number of nitrogens with zero attached hydrogens (tertiary/aromatic N) is 2. The number of amides is 1. The zero-order valence-corrected chi connectivity index (χ0v) is 14.3. The maximum absolute atomic E-state index is 14.1. The van der Waals surface area contributed by atoms with Gasteiger partial charge in [-0.05, 0) is 32.9 Å². The second-order valence-electron chi connectivity index (χ2n) is 5.50. The Hall–Kier alpha value is -3.03. The van der Waals surface area contributed by atoms with Crippen LogP contribution in [0.15, 0.2) is 30.5 Å². The molecular weight excluding hydrogens is 327 g/mol. The van der Waals surface area contributed by atoms with Crippen molar-refractivity contribution in [3.05, 3.63) is 36.3 Å². The molecule has 0 aliphatic heterocycles. The molecule has 7 nitrogen and oxygen atoms in total. The molecule has 134 valence electrons. The van der Waals surface area contributed by atoms with Crippen molar-refractivity contribution in [3.63, 3.8) is 0 Å². The number of halogens is 1. The quantitative estimate of drug-likeness (QED) is 0.801. The van der Waals surface area contributed by atoms with Crippen molar-refractivity contribution < 1.29 is 18.7 Å². The van der Waals surface area contributed by atoms with Gasteiger partial charge in [0.25, 0.3) is 0 Å². The van der Waals surface area contributed by atoms with Gasteiger partial charge in [-0.3, -0.25) is 4.90 Å². The SMILES string of the molecule is CCOC(=O)N(c1c(Oc2ccc(N)cc2F)ccnc1N)C(C)C. The van der Waals surface area contributed by atoms with E-state index >= 15 is 0 Å². The summed E-state index contributed by atoms with van der Waals surface area (Å²) in [6.45, 7) is 5.48. The van der Waals surface area contributed by atoms with Gasteiger partial charge in [0, 0.05) is 30.1 Å². The van der Waals surface area contributed by atoms with E-state index in [0.717, 1.165) is 6.07 Å². The van der Waals surface area contributed by atoms with Crippen LogP contribution in [0.5, 0.6) is 11.5 Å². The second kappa shape index (κ2) is 7.69. The Morgan fingerprint density at radius 2 is 2.00 bits per heavy atom. The van der Waals surface area contributed by atoms with E-state index in [1.165, 1.54) is 29.3 Å². The van der Waals surface area contributed by atoms with E-state index in [4.69, 9.17) is 20.9 Å². The van der Waals surface area contributed by atoms with Crippen molar-refractivity contribution in [3.8, 4) is 11.5 Å². The Morgan fingerprint density at radius 1 is 1.28 bits per heavy atom. The second-order valence-corrected chi connectivity index (χ2v) is 5.50. The van der Waals surface area contributed by atoms with E-state index in [-0.39, 0.29) is 41.3 Å². The number of pyridine rings is 1. The first-order valence-corrected chi connectivity index (χ1v) is 7.78. The summed E-state index contributed by atoms with van der Waals surface area (Å²) in [4.78, 5) is 17.6. The average molecular weight is 348 g/mol. The zero-order valence-electron chi connectivity index (χ0n) is 14.3. The van der Waals surface area contributed by atoms with Crippen LogP contribution in [0, 0.1) is 5.82 Å². The van der Waals surface area contributed by atoms with Gasteiger partial charge in [-0.2, -0.15) is 0 Å². The lowest BCUT2D eigenvalue weighted by Gasteiger charge is -2.28. The van der Waals surface area contributed by atoms with Crippen molar-refractivity contribution in [1.29, 1.82) is 0 Å². The van der Waals surface area contributed by atoms with Crippen LogP contribution in [0.2, 0.25) is 0 Å². The molecule has 0 saturated heterocycles. The van der Waals surface area contributed by atoms with Gasteiger partial charge in [0.1, 0.15) is 5.69 Å². The van der Waals surface area contributed by atoms with Crippen LogP contribution in [0.3, 0.4) is 0 Å². The molecule has 1 amide bonds. The largest absolute Gasteiger partial charge is 0.452 e. The highest BCUT2D eigenvalue weighted by Gasteiger charge is 2.27. The van der Waals surface area contributed by atoms with Gasteiger partial charge < -0.3 is 20.9 Å². The van der Waals surface area contributed by atoms with Gasteiger partial charge in [-0.1, -0.05) is 0 Å². The molecule has 0 atom stereocenters. The molecule has 0 saturated carbocycles. The summed E-state index contributed by atoms with van der Waals surface area (Å²) in [5.41, 5.74) is 12.0. The zero-order chi connectivity index (χ0) is 18.6. The maximum Gasteiger partial charge on any atom is 0.414 e. The Labute approximate surface area is 145 Å². The molecule has 0 aliphatic rings. The van der Waals surface area contributed by atoms with Gasteiger partial charge in [-0.25, -0.2) is 14.2 Å². The highest BCUT2D eigenvalue weighted by Crippen LogP contribution is 2.38. The molecule has 2 aromatic rings. The number of nitrogen functional groups attached to an aromatic ring is 2. The molecule has 0 radical (unpaired) electrons. The minimum Gasteiger partial charge on any atom is -0.452 e. The monoisotopic (exact) mass is 348 g/mol. The Kier molecular flexibility index (Phi) is 5.63. The molecule has 25 heavy (non-hydrogen) atoms. The Morgan fingerprint density at radius 3 is 2.60 bits per heavy atom. The van der Waals surface area contributed by atoms with Gasteiger partial charge in [0.05, 0.1) is 6.61 Å². The van der Waals surface area contributed by atoms with Crippen molar-refractivity contribution >= 4 is 23.3 Å². The highest BCUT2D eigenvalue weighted by atomic mass is 19.1. The van der Waals surface area contributed by atoms with E-state index in [1.54, 1.807) is 20.8 Å². The minimum absolute atomic E-state index is 0.0476. The molecule has 1 aromatic heterocycles. The van der Waals surface area contributed by atoms with Crippen molar-refractivity contribution in [2.24, 2.45) is 0 Å². The number of hydrogen-bond acceptors (Lipinski definition) is 6. The van der Waals surface area contributed by atoms with Gasteiger partial charge in [-0.15, -0.1) is 0 Å². The molecule has 2 rings (SSSR count). The molecule has 8 heteroatoms. The fourth-order valence-electron chi connectivity index (χ4n) is 2.25. The van der Waals surface area contributed by atoms with Crippen LogP contribution in [0.1, 0.15) is 20.8 Å². The van der Waals surface area contributed by atoms with E-state index < -0.39 is 11.9 Å². The normalized spacial score (nSPS) is 10.6. The third-order valence-electron chi connectivity index (χ3n) is 3.31. The molecule has 0 aliphatic carbocycles. The first-order valence-electron chi connectivity index (χ1n) is 7.78. The van der Waals surface area contributed by atoms with Crippen LogP contribution in [0.25, 0.3) is 0 Å². The standard InChI is InChI=1S/C17H21FN4O3/c1-4-24-17(23)22(10(2)3)15-14(7-8-21-16(15)20)25-13-6-5-11(19)9-12(13)18/h5-10H,4,19H2,1-3H3,(H2,20,21). The van der Waals surface area contributed by atoms with Crippen molar-refractivity contribution in [2.75, 3.05) is 23.0 Å². The fraction of sp³-hybridized carbons (Fsp3) is 0.294. The molecule has 0 fully saturated rings. The summed E-state index contributed by atoms with van der Waals surface area (Å²) in [6, 6.07) is 5.26. The average Bonchev–Trinajstić information content (AvgIpc) is 2.53. The summed E-state index contributed by atoms with van der Waals surface area (Å²) >= 11 is 0. The lowest BCUT2D eigenvalue weighted by Crippen LogP contribution is -2.38. The number of benzene rings is 1. The number of nitrogens with two attached hydrogens (primary N) is 2. The molecule has 0 unspecified atom stereocenters. The molecule has 1 heterocycles. The molecule has 4 N–H and O–H groups in total. The highest BCUT2D eigenvalue weighted by molar-refractivity contribution is 5.94. The number of hydrogen-bond donors (Lipinski definition) is 2. The predicted octanol–water partition coefficient (Wildman–Crippen LogP) is 3.55. The summed E-state index contributed by atoms with van der Waals surface area (Å²) in [7, 11) is 0. The number of aromatic nitrogens is 1. The topological polar surface area (TPSA) is 104 Å². The van der Waals surface area contributed by atoms with Crippen molar-refractivity contribution in [1.82, 2.24) is 4.98 Å². The van der Waals surface area contributed by atoms with E-state index in [9.17, 15) is 9.18 Å². The van der Waals surface area contributed by atoms with Crippen LogP contribution >= 0.6 is 0 Å². The Balaban J connectivity index is 2.49. The van der Waals surface area contributed by atoms with Crippen LogP contribution in [0.4, 0.5) is 26.4 Å². The number of ether oxygens (including phenoxy) is 2. The lowest BCUT2D eigenvalue weighted by molar-refractivity contribution is 0.158. The third kappa shape index (κ3) is 4.09. The van der Waals surface area contributed by atoms with Gasteiger partial charge in [0.15, 0.2) is 23.1 Å². The summed E-state index contributed by atoms with van der Waals surface area (Å²) < 4.78 is 24.8. The molecule has 1 aromatic carbocycles. The number of carbonyl (C=O) groups is 1. The smallest absolute Gasteiger partial charge is 0.414 e. The molecule has 0 spiro atoms.